The molecule has 0 aromatic carbocycles. The number of carbonyl (C=O) groups excluding carboxylic acids is 1. The average Bonchev–Trinajstić information content (AvgIpc) is 2.88. The summed E-state index contributed by atoms with van der Waals surface area (Å²) in [4.78, 5) is 12.5. The van der Waals surface area contributed by atoms with Crippen LogP contribution in [0.1, 0.15) is 187 Å². The number of esters is 1. The largest absolute Gasteiger partial charge is 0.465 e. The summed E-state index contributed by atoms with van der Waals surface area (Å²) in [5.74, 6) is -0.270. The molecule has 0 amide bonds. The standard InChI is InChI=1S/C33H66O2S2/c1-3-5-7-9-11-13-15-16-17-18-19-20-22-24-26-28-30-35-32(34)31(33(36)37)29-27-25-23-21-14-12-10-8-6-4-2/h31,33,36-37H,3-30H2,1-2H3. The van der Waals surface area contributed by atoms with Gasteiger partial charge >= 0.3 is 5.97 Å². The summed E-state index contributed by atoms with van der Waals surface area (Å²) in [5.41, 5.74) is 0. The van der Waals surface area contributed by atoms with E-state index in [0.29, 0.717) is 6.61 Å². The number of hydrogen-bond donors (Lipinski definition) is 2. The third kappa shape index (κ3) is 27.5. The Morgan fingerprint density at radius 2 is 0.784 bits per heavy atom. The second-order valence-electron chi connectivity index (χ2n) is 11.5. The number of carbonyl (C=O) groups is 1. The van der Waals surface area contributed by atoms with E-state index >= 15 is 0 Å². The van der Waals surface area contributed by atoms with E-state index in [0.717, 1.165) is 19.3 Å². The minimum absolute atomic E-state index is 0.0908. The maximum Gasteiger partial charge on any atom is 0.310 e. The fraction of sp³-hybridized carbons (Fsp3) is 0.970. The summed E-state index contributed by atoms with van der Waals surface area (Å²) < 4.78 is 5.37. The lowest BCUT2D eigenvalue weighted by atomic mass is 10.0. The van der Waals surface area contributed by atoms with Gasteiger partial charge in [0.15, 0.2) is 0 Å². The Labute approximate surface area is 244 Å². The maximum absolute atomic E-state index is 12.5. The number of unbranched alkanes of at least 4 members (excludes halogenated alkanes) is 24. The van der Waals surface area contributed by atoms with Crippen LogP contribution in [0.4, 0.5) is 0 Å². The van der Waals surface area contributed by atoms with Crippen molar-refractivity contribution in [2.24, 2.45) is 5.92 Å². The number of hydrogen-bond acceptors (Lipinski definition) is 4. The van der Waals surface area contributed by atoms with Gasteiger partial charge in [-0.3, -0.25) is 4.79 Å². The molecule has 0 spiro atoms. The maximum atomic E-state index is 12.5. The van der Waals surface area contributed by atoms with E-state index in [-0.39, 0.29) is 16.5 Å². The highest BCUT2D eigenvalue weighted by Crippen LogP contribution is 2.23. The first kappa shape index (κ1) is 37.2. The van der Waals surface area contributed by atoms with Crippen molar-refractivity contribution in [2.45, 2.75) is 192 Å². The minimum Gasteiger partial charge on any atom is -0.465 e. The van der Waals surface area contributed by atoms with Gasteiger partial charge in [0.25, 0.3) is 0 Å². The molecule has 0 aliphatic heterocycles. The highest BCUT2D eigenvalue weighted by Gasteiger charge is 2.24. The summed E-state index contributed by atoms with van der Waals surface area (Å²) in [6.07, 6.45) is 35.6. The van der Waals surface area contributed by atoms with Crippen LogP contribution >= 0.6 is 25.3 Å². The molecule has 37 heavy (non-hydrogen) atoms. The summed E-state index contributed by atoms with van der Waals surface area (Å²) in [5, 5.41) is 0. The average molecular weight is 559 g/mol. The molecule has 0 saturated heterocycles. The van der Waals surface area contributed by atoms with Gasteiger partial charge in [-0.2, -0.15) is 25.3 Å². The second-order valence-corrected chi connectivity index (χ2v) is 13.0. The van der Waals surface area contributed by atoms with Gasteiger partial charge in [0.1, 0.15) is 0 Å². The van der Waals surface area contributed by atoms with Crippen LogP contribution in [0, 0.1) is 5.92 Å². The van der Waals surface area contributed by atoms with E-state index in [1.54, 1.807) is 0 Å². The van der Waals surface area contributed by atoms with Gasteiger partial charge in [-0.05, 0) is 12.8 Å². The van der Waals surface area contributed by atoms with Crippen LogP contribution in [0.5, 0.6) is 0 Å². The number of rotatable bonds is 30. The number of ether oxygens (including phenoxy) is 1. The van der Waals surface area contributed by atoms with Crippen molar-refractivity contribution in [3.63, 3.8) is 0 Å². The van der Waals surface area contributed by atoms with Gasteiger partial charge in [-0.15, -0.1) is 0 Å². The highest BCUT2D eigenvalue weighted by molar-refractivity contribution is 7.99. The zero-order valence-electron chi connectivity index (χ0n) is 25.2. The fourth-order valence-electron chi connectivity index (χ4n) is 5.17. The molecule has 4 heteroatoms. The Morgan fingerprint density at radius 1 is 0.486 bits per heavy atom. The van der Waals surface area contributed by atoms with Crippen LogP contribution < -0.4 is 0 Å². The lowest BCUT2D eigenvalue weighted by Gasteiger charge is -2.18. The quantitative estimate of drug-likeness (QED) is 0.0397. The van der Waals surface area contributed by atoms with Crippen LogP contribution in [0.25, 0.3) is 0 Å². The van der Waals surface area contributed by atoms with E-state index in [2.05, 4.69) is 39.1 Å². The minimum atomic E-state index is -0.225. The van der Waals surface area contributed by atoms with Crippen molar-refractivity contribution in [3.8, 4) is 0 Å². The van der Waals surface area contributed by atoms with Crippen molar-refractivity contribution in [2.75, 3.05) is 6.61 Å². The lowest BCUT2D eigenvalue weighted by molar-refractivity contribution is -0.148. The summed E-state index contributed by atoms with van der Waals surface area (Å²) in [6, 6.07) is 0. The zero-order chi connectivity index (χ0) is 27.2. The first-order chi connectivity index (χ1) is 18.1. The molecule has 0 N–H and O–H groups in total. The Morgan fingerprint density at radius 3 is 1.11 bits per heavy atom. The van der Waals surface area contributed by atoms with Gasteiger partial charge in [0, 0.05) is 0 Å². The predicted molar refractivity (Wildman–Crippen MR) is 172 cm³/mol. The normalized spacial score (nSPS) is 12.4. The monoisotopic (exact) mass is 558 g/mol. The van der Waals surface area contributed by atoms with Gasteiger partial charge in [-0.25, -0.2) is 0 Å². The van der Waals surface area contributed by atoms with E-state index in [4.69, 9.17) is 4.74 Å². The van der Waals surface area contributed by atoms with Crippen LogP contribution in [0.2, 0.25) is 0 Å². The Hall–Kier alpha value is 0.170. The van der Waals surface area contributed by atoms with Crippen molar-refractivity contribution < 1.29 is 9.53 Å². The lowest BCUT2D eigenvalue weighted by Crippen LogP contribution is -2.24. The van der Waals surface area contributed by atoms with Crippen molar-refractivity contribution in [3.05, 3.63) is 0 Å². The van der Waals surface area contributed by atoms with Gasteiger partial charge < -0.3 is 4.74 Å². The molecule has 0 fully saturated rings. The topological polar surface area (TPSA) is 26.3 Å². The predicted octanol–water partition coefficient (Wildman–Crippen LogP) is 11.9. The molecule has 1 unspecified atom stereocenters. The van der Waals surface area contributed by atoms with Crippen LogP contribution in [-0.4, -0.2) is 17.2 Å². The molecule has 0 bridgehead atoms. The molecule has 222 valence electrons. The van der Waals surface area contributed by atoms with E-state index < -0.39 is 0 Å². The molecule has 2 nitrogen and oxygen atoms in total. The van der Waals surface area contributed by atoms with Gasteiger partial charge in [0.05, 0.1) is 17.1 Å². The molecule has 0 heterocycles. The van der Waals surface area contributed by atoms with Crippen molar-refractivity contribution in [1.82, 2.24) is 0 Å². The van der Waals surface area contributed by atoms with Gasteiger partial charge in [-0.1, -0.05) is 174 Å². The van der Waals surface area contributed by atoms with Crippen LogP contribution in [0.3, 0.4) is 0 Å². The molecule has 0 saturated carbocycles. The molecule has 0 aromatic rings. The van der Waals surface area contributed by atoms with E-state index in [1.807, 2.05) is 0 Å². The molecule has 0 radical (unpaired) electrons. The van der Waals surface area contributed by atoms with Crippen LogP contribution in [-0.2, 0) is 9.53 Å². The van der Waals surface area contributed by atoms with Crippen molar-refractivity contribution in [1.29, 1.82) is 0 Å². The third-order valence-corrected chi connectivity index (χ3v) is 8.49. The summed E-state index contributed by atoms with van der Waals surface area (Å²) in [7, 11) is 0. The number of thiol groups is 2. The Bertz CT molecular complexity index is 456. The molecule has 0 aliphatic rings. The molecular formula is C33H66O2S2. The summed E-state index contributed by atoms with van der Waals surface area (Å²) >= 11 is 8.91. The van der Waals surface area contributed by atoms with E-state index in [9.17, 15) is 4.79 Å². The molecule has 0 aliphatic carbocycles. The van der Waals surface area contributed by atoms with Crippen molar-refractivity contribution >= 4 is 31.2 Å². The zero-order valence-corrected chi connectivity index (χ0v) is 27.0. The van der Waals surface area contributed by atoms with Gasteiger partial charge in [0.2, 0.25) is 0 Å². The smallest absolute Gasteiger partial charge is 0.310 e. The fourth-order valence-corrected chi connectivity index (χ4v) is 5.71. The molecule has 0 rings (SSSR count). The molecule has 1 atom stereocenters. The van der Waals surface area contributed by atoms with Crippen LogP contribution in [0.15, 0.2) is 0 Å². The Balaban J connectivity index is 3.51. The molecular weight excluding hydrogens is 492 g/mol. The SMILES string of the molecule is CCCCCCCCCCCCCCCCCCOC(=O)C(CCCCCCCCCCCC)C(S)S. The van der Waals surface area contributed by atoms with E-state index in [1.165, 1.54) is 154 Å². The second kappa shape index (κ2) is 30.7. The summed E-state index contributed by atoms with van der Waals surface area (Å²) in [6.45, 7) is 5.11. The highest BCUT2D eigenvalue weighted by atomic mass is 32.2. The first-order valence-corrected chi connectivity index (χ1v) is 17.7. The first-order valence-electron chi connectivity index (χ1n) is 16.7. The third-order valence-electron chi connectivity index (χ3n) is 7.77. The molecule has 0 aromatic heterocycles. The Kier molecular flexibility index (Phi) is 30.8.